The summed E-state index contributed by atoms with van der Waals surface area (Å²) in [4.78, 5) is 30.9. The molecular weight excluding hydrogens is 394 g/mol. The molecule has 0 saturated carbocycles. The van der Waals surface area contributed by atoms with Gasteiger partial charge in [-0.15, -0.1) is 0 Å². The summed E-state index contributed by atoms with van der Waals surface area (Å²) < 4.78 is 7.98. The van der Waals surface area contributed by atoms with Crippen LogP contribution in [0, 0.1) is 0 Å². The smallest absolute Gasteiger partial charge is 0.224 e. The van der Waals surface area contributed by atoms with Gasteiger partial charge in [-0.05, 0) is 30.9 Å². The molecule has 2 aliphatic rings. The first-order valence-electron chi connectivity index (χ1n) is 11.2. The van der Waals surface area contributed by atoms with Crippen LogP contribution >= 0.6 is 0 Å². The fraction of sp³-hybridized carbons (Fsp3) is 0.565. The van der Waals surface area contributed by atoms with Gasteiger partial charge in [0.15, 0.2) is 0 Å². The highest BCUT2D eigenvalue weighted by atomic mass is 16.5. The molecule has 0 radical (unpaired) electrons. The number of nitrogens with one attached hydrogen (secondary N) is 1. The van der Waals surface area contributed by atoms with Crippen LogP contribution in [0.3, 0.4) is 0 Å². The number of ether oxygens (including phenoxy) is 1. The van der Waals surface area contributed by atoms with E-state index in [1.165, 1.54) is 11.9 Å². The highest BCUT2D eigenvalue weighted by Crippen LogP contribution is 2.52. The molecule has 2 atom stereocenters. The molecule has 1 spiro atoms. The van der Waals surface area contributed by atoms with E-state index >= 15 is 0 Å². The second-order valence-corrected chi connectivity index (χ2v) is 8.31. The van der Waals surface area contributed by atoms with Crippen LogP contribution in [0.1, 0.15) is 56.7 Å². The molecule has 0 bridgehead atoms. The molecule has 166 valence electrons. The predicted molar refractivity (Wildman–Crippen MR) is 115 cm³/mol. The Balaban J connectivity index is 1.52. The number of benzene rings is 1. The van der Waals surface area contributed by atoms with E-state index in [-0.39, 0.29) is 29.4 Å². The van der Waals surface area contributed by atoms with Gasteiger partial charge in [0, 0.05) is 38.0 Å². The Labute approximate surface area is 183 Å². The third-order valence-corrected chi connectivity index (χ3v) is 6.69. The van der Waals surface area contributed by atoms with E-state index in [0.29, 0.717) is 39.1 Å². The summed E-state index contributed by atoms with van der Waals surface area (Å²) >= 11 is 0. The lowest BCUT2D eigenvalue weighted by atomic mass is 9.71. The van der Waals surface area contributed by atoms with Crippen molar-refractivity contribution in [2.24, 2.45) is 0 Å². The van der Waals surface area contributed by atoms with Gasteiger partial charge >= 0.3 is 0 Å². The van der Waals surface area contributed by atoms with Gasteiger partial charge in [0.2, 0.25) is 11.8 Å². The topological polar surface area (TPSA) is 89.4 Å². The van der Waals surface area contributed by atoms with Crippen molar-refractivity contribution in [1.29, 1.82) is 0 Å². The summed E-state index contributed by atoms with van der Waals surface area (Å²) in [6.07, 6.45) is 5.48. The number of fused-ring (bicyclic) bond motifs is 2. The number of hydrogen-bond acceptors (Lipinski definition) is 5. The van der Waals surface area contributed by atoms with Crippen LogP contribution < -0.4 is 5.32 Å². The number of nitrogens with zero attached hydrogens (tertiary/aromatic N) is 4. The third kappa shape index (κ3) is 4.08. The monoisotopic (exact) mass is 425 g/mol. The van der Waals surface area contributed by atoms with Crippen LogP contribution in [0.4, 0.5) is 0 Å². The number of carbonyl (C=O) groups is 2. The number of carbonyl (C=O) groups excluding carboxylic acids is 2. The number of hydrogen-bond donors (Lipinski definition) is 1. The largest absolute Gasteiger partial charge is 0.375 e. The second kappa shape index (κ2) is 9.18. The van der Waals surface area contributed by atoms with Crippen molar-refractivity contribution < 1.29 is 14.3 Å². The average molecular weight is 426 g/mol. The Morgan fingerprint density at radius 2 is 2.00 bits per heavy atom. The molecule has 1 aliphatic heterocycles. The van der Waals surface area contributed by atoms with Crippen molar-refractivity contribution in [1.82, 2.24) is 25.0 Å². The summed E-state index contributed by atoms with van der Waals surface area (Å²) in [5, 5.41) is 7.27. The van der Waals surface area contributed by atoms with Crippen molar-refractivity contribution in [2.75, 3.05) is 19.7 Å². The fourth-order valence-electron chi connectivity index (χ4n) is 5.15. The molecule has 8 heteroatoms. The van der Waals surface area contributed by atoms with Gasteiger partial charge in [-0.25, -0.2) is 4.98 Å². The van der Waals surface area contributed by atoms with Crippen LogP contribution in [0.2, 0.25) is 0 Å². The number of likely N-dealkylation sites (tertiary alicyclic amines) is 1. The van der Waals surface area contributed by atoms with E-state index in [1.54, 1.807) is 11.0 Å². The van der Waals surface area contributed by atoms with E-state index in [1.807, 2.05) is 24.8 Å². The maximum absolute atomic E-state index is 12.8. The average Bonchev–Trinajstić information content (AvgIpc) is 3.40. The number of aromatic nitrogens is 3. The van der Waals surface area contributed by atoms with Crippen molar-refractivity contribution in [3.8, 4) is 0 Å². The number of rotatable bonds is 7. The summed E-state index contributed by atoms with van der Waals surface area (Å²) in [5.41, 5.74) is 2.21. The molecule has 4 rings (SSSR count). The van der Waals surface area contributed by atoms with Crippen LogP contribution in [-0.2, 0) is 26.3 Å². The minimum atomic E-state index is -0.193. The summed E-state index contributed by atoms with van der Waals surface area (Å²) in [5.74, 6) is 0.169. The Hall–Kier alpha value is -2.74. The molecule has 2 aromatic rings. The number of amides is 2. The molecule has 1 aliphatic carbocycles. The summed E-state index contributed by atoms with van der Waals surface area (Å²) in [7, 11) is 0. The lowest BCUT2D eigenvalue weighted by Crippen LogP contribution is -2.52. The molecule has 1 aromatic carbocycles. The first kappa shape index (κ1) is 21.5. The van der Waals surface area contributed by atoms with Gasteiger partial charge in [-0.3, -0.25) is 14.3 Å². The van der Waals surface area contributed by atoms with Gasteiger partial charge in [0.1, 0.15) is 12.7 Å². The highest BCUT2D eigenvalue weighted by molar-refractivity contribution is 5.77. The van der Waals surface area contributed by atoms with E-state index in [2.05, 4.69) is 33.6 Å². The number of piperidine rings is 1. The van der Waals surface area contributed by atoms with Crippen LogP contribution in [-0.4, -0.2) is 57.3 Å². The fourth-order valence-corrected chi connectivity index (χ4v) is 5.15. The molecule has 1 N–H and O–H groups in total. The van der Waals surface area contributed by atoms with Gasteiger partial charge < -0.3 is 15.0 Å². The first-order chi connectivity index (χ1) is 15.1. The molecule has 8 nitrogen and oxygen atoms in total. The van der Waals surface area contributed by atoms with Gasteiger partial charge in [-0.2, -0.15) is 5.10 Å². The quantitative estimate of drug-likeness (QED) is 0.735. The molecular formula is C23H31N5O3. The predicted octanol–water partition coefficient (Wildman–Crippen LogP) is 2.21. The Bertz CT molecular complexity index is 906. The maximum atomic E-state index is 12.8. The molecule has 1 fully saturated rings. The van der Waals surface area contributed by atoms with Gasteiger partial charge in [0.25, 0.3) is 0 Å². The zero-order valence-electron chi connectivity index (χ0n) is 18.3. The molecule has 1 saturated heterocycles. The van der Waals surface area contributed by atoms with E-state index in [0.717, 1.165) is 18.4 Å². The summed E-state index contributed by atoms with van der Waals surface area (Å²) in [6, 6.07) is 8.20. The Morgan fingerprint density at radius 1 is 1.23 bits per heavy atom. The Kier molecular flexibility index (Phi) is 6.36. The molecule has 31 heavy (non-hydrogen) atoms. The van der Waals surface area contributed by atoms with E-state index in [9.17, 15) is 9.59 Å². The molecule has 2 amide bonds. The number of aryl methyl sites for hydroxylation is 1. The normalized spacial score (nSPS) is 21.8. The first-order valence-corrected chi connectivity index (χ1v) is 11.2. The van der Waals surface area contributed by atoms with E-state index in [4.69, 9.17) is 4.74 Å². The van der Waals surface area contributed by atoms with Crippen LogP contribution in [0.25, 0.3) is 0 Å². The Morgan fingerprint density at radius 3 is 2.68 bits per heavy atom. The summed E-state index contributed by atoms with van der Waals surface area (Å²) in [6.45, 7) is 6.35. The van der Waals surface area contributed by atoms with Crippen molar-refractivity contribution in [3.05, 3.63) is 48.0 Å². The van der Waals surface area contributed by atoms with Crippen molar-refractivity contribution in [3.63, 3.8) is 0 Å². The second-order valence-electron chi connectivity index (χ2n) is 8.31. The minimum Gasteiger partial charge on any atom is -0.375 e. The van der Waals surface area contributed by atoms with Crippen molar-refractivity contribution >= 4 is 11.8 Å². The maximum Gasteiger partial charge on any atom is 0.224 e. The lowest BCUT2D eigenvalue weighted by Gasteiger charge is -2.44. The molecule has 2 heterocycles. The molecule has 0 unspecified atom stereocenters. The minimum absolute atomic E-state index is 0.0299. The van der Waals surface area contributed by atoms with Gasteiger partial charge in [-0.1, -0.05) is 31.2 Å². The van der Waals surface area contributed by atoms with Crippen molar-refractivity contribution in [2.45, 2.75) is 63.6 Å². The van der Waals surface area contributed by atoms with Crippen LogP contribution in [0.5, 0.6) is 0 Å². The zero-order valence-corrected chi connectivity index (χ0v) is 18.3. The zero-order chi connectivity index (χ0) is 21.8. The lowest BCUT2D eigenvalue weighted by molar-refractivity contribution is -0.134. The highest BCUT2D eigenvalue weighted by Gasteiger charge is 2.54. The third-order valence-electron chi connectivity index (χ3n) is 6.69. The molecule has 1 aromatic heterocycles. The van der Waals surface area contributed by atoms with Gasteiger partial charge in [0.05, 0.1) is 18.7 Å². The van der Waals surface area contributed by atoms with E-state index < -0.39 is 0 Å². The SMILES string of the molecule is CCO[C@H]1[C@H](NC(=O)CC)c2ccccc2C12CCN(C(=O)CCn1cncn1)CC2. The van der Waals surface area contributed by atoms with Crippen LogP contribution in [0.15, 0.2) is 36.9 Å². The standard InChI is InChI=1S/C23H31N5O3/c1-3-19(29)26-21-17-7-5-6-8-18(17)23(22(21)31-4-2)10-13-27(14-11-23)20(30)9-12-28-16-24-15-25-28/h5-8,15-16,21-22H,3-4,9-14H2,1-2H3,(H,26,29)/t21-,22+/m1/s1.